The van der Waals surface area contributed by atoms with Gasteiger partial charge in [-0.05, 0) is 37.1 Å². The highest BCUT2D eigenvalue weighted by Crippen LogP contribution is 2.48. The number of thioether (sulfide) groups is 1. The van der Waals surface area contributed by atoms with Gasteiger partial charge in [-0.1, -0.05) is 40.8 Å². The van der Waals surface area contributed by atoms with E-state index in [1.54, 1.807) is 0 Å². The summed E-state index contributed by atoms with van der Waals surface area (Å²) in [7, 11) is 0. The second-order valence-electron chi connectivity index (χ2n) is 8.76. The van der Waals surface area contributed by atoms with E-state index in [1.807, 2.05) is 6.07 Å². The zero-order chi connectivity index (χ0) is 28.6. The number of nitrogens with zero attached hydrogens (tertiary/aromatic N) is 4. The molecule has 8 nitrogen and oxygen atoms in total. The summed E-state index contributed by atoms with van der Waals surface area (Å²) < 4.78 is 42.3. The van der Waals surface area contributed by atoms with Crippen LogP contribution in [-0.4, -0.2) is 27.6 Å². The SMILES string of the molecule is N#CC1=C(N)N(c2nnc(SCC(=O)Nc3ccc(F)cc3F)s2)C2=C(C(=O)CCC2)C1c1c(F)cccc1Cl. The molecule has 0 fully saturated rings. The number of halogens is 4. The number of benzene rings is 2. The molecule has 204 valence electrons. The van der Waals surface area contributed by atoms with Gasteiger partial charge in [0.25, 0.3) is 0 Å². The van der Waals surface area contributed by atoms with Crippen molar-refractivity contribution in [3.63, 3.8) is 0 Å². The third kappa shape index (κ3) is 5.17. The molecule has 3 aromatic rings. The second kappa shape index (κ2) is 11.3. The number of ketones is 1. The Labute approximate surface area is 239 Å². The summed E-state index contributed by atoms with van der Waals surface area (Å²) in [5.41, 5.74) is 6.97. The van der Waals surface area contributed by atoms with E-state index in [1.165, 1.54) is 23.1 Å². The maximum Gasteiger partial charge on any atom is 0.234 e. The van der Waals surface area contributed by atoms with Crippen LogP contribution in [0.3, 0.4) is 0 Å². The number of nitriles is 1. The first-order valence-corrected chi connectivity index (χ1v) is 14.0. The molecule has 0 bridgehead atoms. The average Bonchev–Trinajstić information content (AvgIpc) is 3.37. The smallest absolute Gasteiger partial charge is 0.234 e. The van der Waals surface area contributed by atoms with Crippen molar-refractivity contribution in [3.8, 4) is 6.07 Å². The van der Waals surface area contributed by atoms with Gasteiger partial charge in [0.2, 0.25) is 11.0 Å². The molecule has 1 unspecified atom stereocenters. The number of nitrogens with one attached hydrogen (secondary N) is 1. The van der Waals surface area contributed by atoms with Gasteiger partial charge in [-0.15, -0.1) is 10.2 Å². The molecule has 1 aromatic heterocycles. The Kier molecular flexibility index (Phi) is 7.84. The summed E-state index contributed by atoms with van der Waals surface area (Å²) >= 11 is 8.42. The van der Waals surface area contributed by atoms with Crippen molar-refractivity contribution in [2.24, 2.45) is 5.73 Å². The maximum absolute atomic E-state index is 15.0. The number of allylic oxidation sites excluding steroid dienone is 3. The molecule has 2 aliphatic rings. The summed E-state index contributed by atoms with van der Waals surface area (Å²) in [5, 5.41) is 21.0. The maximum atomic E-state index is 15.0. The minimum Gasteiger partial charge on any atom is -0.384 e. The van der Waals surface area contributed by atoms with Crippen LogP contribution >= 0.6 is 34.7 Å². The lowest BCUT2D eigenvalue weighted by Gasteiger charge is -2.38. The lowest BCUT2D eigenvalue weighted by molar-refractivity contribution is -0.116. The number of hydrogen-bond donors (Lipinski definition) is 2. The minimum atomic E-state index is -1.07. The van der Waals surface area contributed by atoms with Crippen LogP contribution in [0.4, 0.5) is 24.0 Å². The molecule has 1 aliphatic heterocycles. The third-order valence-corrected chi connectivity index (χ3v) is 8.69. The highest BCUT2D eigenvalue weighted by Gasteiger charge is 2.43. The van der Waals surface area contributed by atoms with Crippen LogP contribution in [0, 0.1) is 28.8 Å². The van der Waals surface area contributed by atoms with Crippen LogP contribution in [0.15, 0.2) is 63.4 Å². The van der Waals surface area contributed by atoms with E-state index < -0.39 is 29.3 Å². The van der Waals surface area contributed by atoms with E-state index in [-0.39, 0.29) is 56.3 Å². The number of aromatic nitrogens is 2. The Balaban J connectivity index is 1.44. The Morgan fingerprint density at radius 2 is 2.02 bits per heavy atom. The van der Waals surface area contributed by atoms with Gasteiger partial charge >= 0.3 is 0 Å². The molecule has 5 rings (SSSR count). The van der Waals surface area contributed by atoms with Crippen molar-refractivity contribution >= 4 is 57.2 Å². The first kappa shape index (κ1) is 27.7. The van der Waals surface area contributed by atoms with Crippen molar-refractivity contribution in [2.75, 3.05) is 16.0 Å². The number of carbonyl (C=O) groups is 2. The molecule has 2 aromatic carbocycles. The average molecular weight is 603 g/mol. The third-order valence-electron chi connectivity index (χ3n) is 6.32. The normalized spacial score (nSPS) is 17.1. The van der Waals surface area contributed by atoms with Crippen LogP contribution < -0.4 is 16.0 Å². The van der Waals surface area contributed by atoms with Crippen LogP contribution in [0.25, 0.3) is 0 Å². The lowest BCUT2D eigenvalue weighted by Crippen LogP contribution is -2.39. The van der Waals surface area contributed by atoms with E-state index in [4.69, 9.17) is 17.3 Å². The molecule has 3 N–H and O–H groups in total. The van der Waals surface area contributed by atoms with Crippen LogP contribution in [-0.2, 0) is 9.59 Å². The number of anilines is 2. The highest BCUT2D eigenvalue weighted by atomic mass is 35.5. The summed E-state index contributed by atoms with van der Waals surface area (Å²) in [6, 6.07) is 8.97. The van der Waals surface area contributed by atoms with Gasteiger partial charge in [0.15, 0.2) is 10.1 Å². The molecule has 0 radical (unpaired) electrons. The number of carbonyl (C=O) groups excluding carboxylic acids is 2. The number of rotatable bonds is 6. The Hall–Kier alpha value is -3.86. The molecule has 40 heavy (non-hydrogen) atoms. The zero-order valence-electron chi connectivity index (χ0n) is 20.4. The molecule has 0 spiro atoms. The molecular weight excluding hydrogens is 585 g/mol. The molecule has 1 atom stereocenters. The summed E-state index contributed by atoms with van der Waals surface area (Å²) in [4.78, 5) is 27.0. The van der Waals surface area contributed by atoms with E-state index in [0.29, 0.717) is 28.9 Å². The summed E-state index contributed by atoms with van der Waals surface area (Å²) in [6.45, 7) is 0. The van der Waals surface area contributed by atoms with E-state index in [9.17, 15) is 23.6 Å². The van der Waals surface area contributed by atoms with Crippen molar-refractivity contribution < 1.29 is 22.8 Å². The summed E-state index contributed by atoms with van der Waals surface area (Å²) in [5.74, 6) is -4.39. The van der Waals surface area contributed by atoms with E-state index in [2.05, 4.69) is 15.5 Å². The van der Waals surface area contributed by atoms with Crippen LogP contribution in [0.5, 0.6) is 0 Å². The quantitative estimate of drug-likeness (QED) is 0.347. The Morgan fingerprint density at radius 1 is 1.23 bits per heavy atom. The standard InChI is InChI=1S/C26H18ClF3N6O2S2/c27-14-3-1-4-15(29)22(14)21-13(10-31)24(32)36(18-5-2-6-19(37)23(18)21)25-34-35-26(40-25)39-11-20(38)33-17-8-7-12(28)9-16(17)30/h1,3-4,7-9,21H,2,5-6,11,32H2,(H,33,38). The molecule has 1 aliphatic carbocycles. The molecule has 2 heterocycles. The van der Waals surface area contributed by atoms with Gasteiger partial charge < -0.3 is 11.1 Å². The van der Waals surface area contributed by atoms with Gasteiger partial charge in [0, 0.05) is 34.3 Å². The Bertz CT molecular complexity index is 1630. The van der Waals surface area contributed by atoms with Crippen molar-refractivity contribution in [1.82, 2.24) is 10.2 Å². The van der Waals surface area contributed by atoms with Gasteiger partial charge in [-0.3, -0.25) is 14.5 Å². The summed E-state index contributed by atoms with van der Waals surface area (Å²) in [6.07, 6.45) is 1.15. The molecule has 14 heteroatoms. The predicted octanol–water partition coefficient (Wildman–Crippen LogP) is 5.64. The molecular formula is C26H18ClF3N6O2S2. The molecule has 0 saturated heterocycles. The zero-order valence-corrected chi connectivity index (χ0v) is 22.8. The largest absolute Gasteiger partial charge is 0.384 e. The van der Waals surface area contributed by atoms with Crippen molar-refractivity contribution in [3.05, 3.63) is 87.1 Å². The fourth-order valence-electron chi connectivity index (χ4n) is 4.64. The second-order valence-corrected chi connectivity index (χ2v) is 11.3. The van der Waals surface area contributed by atoms with Crippen LogP contribution in [0.2, 0.25) is 5.02 Å². The first-order valence-electron chi connectivity index (χ1n) is 11.8. The molecule has 0 saturated carbocycles. The monoisotopic (exact) mass is 602 g/mol. The highest BCUT2D eigenvalue weighted by molar-refractivity contribution is 8.01. The number of Topliss-reactive ketones (excluding diaryl/α,β-unsaturated/α-hetero) is 1. The lowest BCUT2D eigenvalue weighted by atomic mass is 9.75. The first-order chi connectivity index (χ1) is 19.2. The van der Waals surface area contributed by atoms with E-state index in [0.717, 1.165) is 35.2 Å². The van der Waals surface area contributed by atoms with Crippen LogP contribution in [0.1, 0.15) is 30.7 Å². The predicted molar refractivity (Wildman–Crippen MR) is 145 cm³/mol. The fraction of sp³-hybridized carbons (Fsp3) is 0.192. The van der Waals surface area contributed by atoms with Gasteiger partial charge in [-0.2, -0.15) is 5.26 Å². The number of nitrogens with two attached hydrogens (primary N) is 1. The van der Waals surface area contributed by atoms with Gasteiger partial charge in [0.1, 0.15) is 23.3 Å². The molecule has 1 amide bonds. The van der Waals surface area contributed by atoms with Gasteiger partial charge in [0.05, 0.1) is 29.0 Å². The van der Waals surface area contributed by atoms with E-state index >= 15 is 4.39 Å². The van der Waals surface area contributed by atoms with Crippen molar-refractivity contribution in [2.45, 2.75) is 29.5 Å². The topological polar surface area (TPSA) is 125 Å². The van der Waals surface area contributed by atoms with Crippen molar-refractivity contribution in [1.29, 1.82) is 5.26 Å². The van der Waals surface area contributed by atoms with Gasteiger partial charge in [-0.25, -0.2) is 13.2 Å². The fourth-order valence-corrected chi connectivity index (χ4v) is 6.59. The minimum absolute atomic E-state index is 0.00294. The number of hydrogen-bond acceptors (Lipinski definition) is 9. The Morgan fingerprint density at radius 3 is 2.75 bits per heavy atom. The number of amides is 1.